The van der Waals surface area contributed by atoms with E-state index in [1.807, 2.05) is 24.3 Å². The van der Waals surface area contributed by atoms with Crippen LogP contribution in [0.25, 0.3) is 0 Å². The minimum absolute atomic E-state index is 0.387. The van der Waals surface area contributed by atoms with Crippen LogP contribution >= 0.6 is 11.6 Å². The highest BCUT2D eigenvalue weighted by atomic mass is 35.5. The van der Waals surface area contributed by atoms with Crippen molar-refractivity contribution in [2.24, 2.45) is 0 Å². The summed E-state index contributed by atoms with van der Waals surface area (Å²) in [5, 5.41) is 3.65. The quantitative estimate of drug-likeness (QED) is 0.630. The average molecular weight is 226 g/mol. The van der Waals surface area contributed by atoms with E-state index in [1.165, 1.54) is 19.4 Å². The summed E-state index contributed by atoms with van der Waals surface area (Å²) in [6, 6.07) is 7.52. The van der Waals surface area contributed by atoms with Crippen LogP contribution in [-0.4, -0.2) is 13.1 Å². The Labute approximate surface area is 93.7 Å². The summed E-state index contributed by atoms with van der Waals surface area (Å²) in [7, 11) is 1.33. The fourth-order valence-corrected chi connectivity index (χ4v) is 1.21. The molecule has 0 aliphatic carbocycles. The van der Waals surface area contributed by atoms with Crippen molar-refractivity contribution in [1.82, 2.24) is 5.32 Å². The van der Waals surface area contributed by atoms with Gasteiger partial charge >= 0.3 is 5.97 Å². The molecule has 4 heteroatoms. The number of nitrogens with one attached hydrogen (secondary N) is 1. The van der Waals surface area contributed by atoms with Gasteiger partial charge in [0, 0.05) is 23.8 Å². The lowest BCUT2D eigenvalue weighted by atomic mass is 10.2. The highest BCUT2D eigenvalue weighted by molar-refractivity contribution is 6.31. The maximum atomic E-state index is 10.7. The molecule has 0 unspecified atom stereocenters. The van der Waals surface area contributed by atoms with Gasteiger partial charge in [0.15, 0.2) is 0 Å². The second-order valence-corrected chi connectivity index (χ2v) is 3.24. The fourth-order valence-electron chi connectivity index (χ4n) is 1.01. The Kier molecular flexibility index (Phi) is 4.71. The number of ether oxygens (including phenoxy) is 1. The zero-order valence-corrected chi connectivity index (χ0v) is 9.12. The Balaban J connectivity index is 2.41. The molecule has 3 nitrogen and oxygen atoms in total. The molecule has 1 aromatic carbocycles. The summed E-state index contributed by atoms with van der Waals surface area (Å²) < 4.78 is 4.43. The van der Waals surface area contributed by atoms with Gasteiger partial charge in [-0.2, -0.15) is 0 Å². The van der Waals surface area contributed by atoms with Crippen molar-refractivity contribution >= 4 is 17.6 Å². The summed E-state index contributed by atoms with van der Waals surface area (Å²) in [5.41, 5.74) is 0.980. The van der Waals surface area contributed by atoms with Crippen molar-refractivity contribution in [2.75, 3.05) is 7.11 Å². The van der Waals surface area contributed by atoms with Crippen molar-refractivity contribution in [2.45, 2.75) is 6.54 Å². The van der Waals surface area contributed by atoms with Crippen molar-refractivity contribution < 1.29 is 9.53 Å². The van der Waals surface area contributed by atoms with E-state index in [2.05, 4.69) is 10.1 Å². The number of hydrogen-bond acceptors (Lipinski definition) is 3. The number of carbonyl (C=O) groups excluding carboxylic acids is 1. The summed E-state index contributed by atoms with van der Waals surface area (Å²) >= 11 is 5.94. The molecule has 0 spiro atoms. The van der Waals surface area contributed by atoms with Crippen LogP contribution in [0.3, 0.4) is 0 Å². The third kappa shape index (κ3) is 4.04. The number of benzene rings is 1. The van der Waals surface area contributed by atoms with Gasteiger partial charge in [0.05, 0.1) is 7.11 Å². The number of halogens is 1. The average Bonchev–Trinajstić information content (AvgIpc) is 2.26. The highest BCUT2D eigenvalue weighted by Gasteiger charge is 1.96. The van der Waals surface area contributed by atoms with Crippen LogP contribution in [0.5, 0.6) is 0 Å². The monoisotopic (exact) mass is 225 g/mol. The summed E-state index contributed by atoms with van der Waals surface area (Å²) in [5.74, 6) is -0.387. The maximum absolute atomic E-state index is 10.7. The van der Waals surface area contributed by atoms with E-state index in [4.69, 9.17) is 11.6 Å². The summed E-state index contributed by atoms with van der Waals surface area (Å²) in [6.45, 7) is 0.577. The van der Waals surface area contributed by atoms with Crippen LogP contribution in [-0.2, 0) is 16.1 Å². The topological polar surface area (TPSA) is 38.3 Å². The number of esters is 1. The molecule has 0 bridgehead atoms. The molecule has 0 amide bonds. The lowest BCUT2D eigenvalue weighted by molar-refractivity contribution is -0.134. The Morgan fingerprint density at radius 1 is 1.53 bits per heavy atom. The molecule has 0 saturated heterocycles. The van der Waals surface area contributed by atoms with Crippen LogP contribution in [0.4, 0.5) is 0 Å². The van der Waals surface area contributed by atoms with Crippen molar-refractivity contribution in [1.29, 1.82) is 0 Å². The molecule has 80 valence electrons. The van der Waals surface area contributed by atoms with Gasteiger partial charge in [0.2, 0.25) is 0 Å². The van der Waals surface area contributed by atoms with Crippen LogP contribution in [0.1, 0.15) is 5.56 Å². The molecular weight excluding hydrogens is 214 g/mol. The second-order valence-electron chi connectivity index (χ2n) is 2.83. The maximum Gasteiger partial charge on any atom is 0.331 e. The van der Waals surface area contributed by atoms with Crippen LogP contribution in [0, 0.1) is 0 Å². The highest BCUT2D eigenvalue weighted by Crippen LogP contribution is 2.13. The molecular formula is C11H12ClNO2. The largest absolute Gasteiger partial charge is 0.466 e. The SMILES string of the molecule is COC(=O)/C=C/NCc1ccccc1Cl. The minimum atomic E-state index is -0.387. The molecule has 1 rings (SSSR count). The van der Waals surface area contributed by atoms with Crippen molar-refractivity contribution in [3.63, 3.8) is 0 Å². The van der Waals surface area contributed by atoms with E-state index in [0.717, 1.165) is 5.56 Å². The summed E-state index contributed by atoms with van der Waals surface area (Å²) in [4.78, 5) is 10.7. The third-order valence-electron chi connectivity index (χ3n) is 1.79. The predicted octanol–water partition coefficient (Wildman–Crippen LogP) is 2.12. The van der Waals surface area contributed by atoms with Gasteiger partial charge in [0.1, 0.15) is 0 Å². The molecule has 15 heavy (non-hydrogen) atoms. The van der Waals surface area contributed by atoms with Gasteiger partial charge < -0.3 is 10.1 Å². The first kappa shape index (κ1) is 11.6. The van der Waals surface area contributed by atoms with Crippen LogP contribution < -0.4 is 5.32 Å². The van der Waals surface area contributed by atoms with Gasteiger partial charge in [-0.15, -0.1) is 0 Å². The molecule has 1 N–H and O–H groups in total. The Morgan fingerprint density at radius 2 is 2.27 bits per heavy atom. The molecule has 1 aromatic rings. The lowest BCUT2D eigenvalue weighted by Gasteiger charge is -2.02. The van der Waals surface area contributed by atoms with E-state index < -0.39 is 0 Å². The van der Waals surface area contributed by atoms with Gasteiger partial charge in [-0.25, -0.2) is 4.79 Å². The van der Waals surface area contributed by atoms with Crippen LogP contribution in [0.2, 0.25) is 5.02 Å². The predicted molar refractivity (Wildman–Crippen MR) is 59.4 cm³/mol. The van der Waals surface area contributed by atoms with Crippen molar-refractivity contribution in [3.05, 3.63) is 47.1 Å². The fraction of sp³-hybridized carbons (Fsp3) is 0.182. The number of carbonyl (C=O) groups is 1. The molecule has 0 aromatic heterocycles. The molecule has 0 aliphatic rings. The van der Waals surface area contributed by atoms with Crippen LogP contribution in [0.15, 0.2) is 36.5 Å². The molecule has 0 saturated carbocycles. The Bertz CT molecular complexity index is 363. The van der Waals surface area contributed by atoms with E-state index in [-0.39, 0.29) is 5.97 Å². The molecule has 0 heterocycles. The van der Waals surface area contributed by atoms with E-state index in [9.17, 15) is 4.79 Å². The minimum Gasteiger partial charge on any atom is -0.466 e. The van der Waals surface area contributed by atoms with Gasteiger partial charge in [-0.1, -0.05) is 29.8 Å². The first-order valence-electron chi connectivity index (χ1n) is 4.45. The second kappa shape index (κ2) is 6.09. The smallest absolute Gasteiger partial charge is 0.331 e. The lowest BCUT2D eigenvalue weighted by Crippen LogP contribution is -2.06. The first-order valence-corrected chi connectivity index (χ1v) is 4.83. The Morgan fingerprint density at radius 3 is 2.93 bits per heavy atom. The number of methoxy groups -OCH3 is 1. The molecule has 0 atom stereocenters. The molecule has 0 fully saturated rings. The zero-order valence-electron chi connectivity index (χ0n) is 8.37. The van der Waals surface area contributed by atoms with Gasteiger partial charge in [-0.05, 0) is 11.6 Å². The van der Waals surface area contributed by atoms with Gasteiger partial charge in [0.25, 0.3) is 0 Å². The summed E-state index contributed by atoms with van der Waals surface area (Å²) in [6.07, 6.45) is 2.85. The van der Waals surface area contributed by atoms with E-state index >= 15 is 0 Å². The first-order chi connectivity index (χ1) is 7.24. The normalized spacial score (nSPS) is 10.3. The van der Waals surface area contributed by atoms with Crippen molar-refractivity contribution in [3.8, 4) is 0 Å². The zero-order chi connectivity index (χ0) is 11.1. The number of hydrogen-bond donors (Lipinski definition) is 1. The molecule has 0 radical (unpaired) electrons. The third-order valence-corrected chi connectivity index (χ3v) is 2.16. The molecule has 0 aliphatic heterocycles. The Hall–Kier alpha value is -1.48. The number of rotatable bonds is 4. The van der Waals surface area contributed by atoms with Gasteiger partial charge in [-0.3, -0.25) is 0 Å². The standard InChI is InChI=1S/C11H12ClNO2/c1-15-11(14)6-7-13-8-9-4-2-3-5-10(9)12/h2-7,13H,8H2,1H3/b7-6+. The van der Waals surface area contributed by atoms with E-state index in [1.54, 1.807) is 0 Å². The van der Waals surface area contributed by atoms with E-state index in [0.29, 0.717) is 11.6 Å².